The third-order valence-corrected chi connectivity index (χ3v) is 3.02. The van der Waals surface area contributed by atoms with E-state index in [0.29, 0.717) is 24.9 Å². The summed E-state index contributed by atoms with van der Waals surface area (Å²) in [6, 6.07) is 0.115. The highest BCUT2D eigenvalue weighted by Crippen LogP contribution is 2.21. The van der Waals surface area contributed by atoms with Gasteiger partial charge in [0.1, 0.15) is 0 Å². The summed E-state index contributed by atoms with van der Waals surface area (Å²) >= 11 is 0. The molecule has 19 heavy (non-hydrogen) atoms. The van der Waals surface area contributed by atoms with Crippen LogP contribution in [0.15, 0.2) is 12.4 Å². The lowest BCUT2D eigenvalue weighted by Gasteiger charge is -2.22. The highest BCUT2D eigenvalue weighted by atomic mass is 16.5. The van der Waals surface area contributed by atoms with Gasteiger partial charge in [-0.25, -0.2) is 4.79 Å². The number of carbonyl (C=O) groups excluding carboxylic acids is 1. The molecule has 2 N–H and O–H groups in total. The second-order valence-electron chi connectivity index (χ2n) is 4.43. The van der Waals surface area contributed by atoms with E-state index in [-0.39, 0.29) is 6.03 Å². The van der Waals surface area contributed by atoms with Gasteiger partial charge in [0.2, 0.25) is 0 Å². The lowest BCUT2D eigenvalue weighted by Crippen LogP contribution is -2.31. The first-order valence-corrected chi connectivity index (χ1v) is 6.45. The van der Waals surface area contributed by atoms with Crippen molar-refractivity contribution < 1.29 is 14.3 Å². The summed E-state index contributed by atoms with van der Waals surface area (Å²) in [4.78, 5) is 11.5. The number of carbonyl (C=O) groups is 1. The van der Waals surface area contributed by atoms with Gasteiger partial charge < -0.3 is 20.1 Å². The number of ether oxygens (including phenoxy) is 2. The topological polar surface area (TPSA) is 77.4 Å². The fourth-order valence-corrected chi connectivity index (χ4v) is 1.99. The van der Waals surface area contributed by atoms with Gasteiger partial charge in [-0.05, 0) is 12.8 Å². The minimum atomic E-state index is -0.247. The number of nitrogens with zero attached hydrogens (tertiary/aromatic N) is 2. The number of amides is 2. The van der Waals surface area contributed by atoms with E-state index in [1.54, 1.807) is 13.3 Å². The molecular weight excluding hydrogens is 248 g/mol. The van der Waals surface area contributed by atoms with Crippen LogP contribution in [-0.4, -0.2) is 49.3 Å². The van der Waals surface area contributed by atoms with Crippen molar-refractivity contribution in [2.75, 3.05) is 38.8 Å². The second-order valence-corrected chi connectivity index (χ2v) is 4.43. The quantitative estimate of drug-likeness (QED) is 0.781. The number of aromatic nitrogens is 2. The average molecular weight is 268 g/mol. The van der Waals surface area contributed by atoms with Crippen molar-refractivity contribution in [2.24, 2.45) is 0 Å². The molecule has 7 nitrogen and oxygen atoms in total. The number of methoxy groups -OCH3 is 1. The highest BCUT2D eigenvalue weighted by molar-refractivity contribution is 5.88. The van der Waals surface area contributed by atoms with E-state index in [1.807, 2.05) is 10.9 Å². The molecule has 0 spiro atoms. The Morgan fingerprint density at radius 3 is 3.11 bits per heavy atom. The van der Waals surface area contributed by atoms with Gasteiger partial charge in [-0.1, -0.05) is 0 Å². The number of anilines is 1. The van der Waals surface area contributed by atoms with E-state index in [4.69, 9.17) is 9.47 Å². The highest BCUT2D eigenvalue weighted by Gasteiger charge is 2.16. The Kier molecular flexibility index (Phi) is 5.17. The van der Waals surface area contributed by atoms with Crippen LogP contribution in [0.3, 0.4) is 0 Å². The first kappa shape index (κ1) is 13.8. The zero-order valence-corrected chi connectivity index (χ0v) is 11.1. The van der Waals surface area contributed by atoms with Gasteiger partial charge in [-0.2, -0.15) is 5.10 Å². The molecule has 1 fully saturated rings. The van der Waals surface area contributed by atoms with Crippen molar-refractivity contribution in [1.82, 2.24) is 15.1 Å². The summed E-state index contributed by atoms with van der Waals surface area (Å²) in [6.07, 6.45) is 5.43. The van der Waals surface area contributed by atoms with E-state index < -0.39 is 0 Å². The zero-order valence-electron chi connectivity index (χ0n) is 11.1. The summed E-state index contributed by atoms with van der Waals surface area (Å²) in [5.41, 5.74) is 0.696. The molecule has 0 aliphatic carbocycles. The minimum absolute atomic E-state index is 0.247. The standard InChI is InChI=1S/C12H20N4O3/c1-18-7-4-13-12(17)15-10-8-14-16(9-10)11-2-5-19-6-3-11/h8-9,11H,2-7H2,1H3,(H2,13,15,17). The number of hydrogen-bond donors (Lipinski definition) is 2. The molecule has 1 aromatic rings. The Bertz CT molecular complexity index is 401. The van der Waals surface area contributed by atoms with Crippen molar-refractivity contribution in [3.05, 3.63) is 12.4 Å². The fourth-order valence-electron chi connectivity index (χ4n) is 1.99. The van der Waals surface area contributed by atoms with Gasteiger partial charge in [0.25, 0.3) is 0 Å². The molecular formula is C12H20N4O3. The van der Waals surface area contributed by atoms with Crippen LogP contribution in [0.5, 0.6) is 0 Å². The van der Waals surface area contributed by atoms with Crippen molar-refractivity contribution in [2.45, 2.75) is 18.9 Å². The summed E-state index contributed by atoms with van der Waals surface area (Å²) in [6.45, 7) is 2.51. The summed E-state index contributed by atoms with van der Waals surface area (Å²) in [5, 5.41) is 9.71. The first-order valence-electron chi connectivity index (χ1n) is 6.45. The third kappa shape index (κ3) is 4.22. The molecule has 1 saturated heterocycles. The normalized spacial score (nSPS) is 16.3. The van der Waals surface area contributed by atoms with Crippen LogP contribution in [0.1, 0.15) is 18.9 Å². The molecule has 2 amide bonds. The molecule has 0 aromatic carbocycles. The van der Waals surface area contributed by atoms with E-state index in [0.717, 1.165) is 26.1 Å². The zero-order chi connectivity index (χ0) is 13.5. The molecule has 2 heterocycles. The van der Waals surface area contributed by atoms with Gasteiger partial charge in [0.05, 0.1) is 24.5 Å². The number of hydrogen-bond acceptors (Lipinski definition) is 4. The predicted molar refractivity (Wildman–Crippen MR) is 70.2 cm³/mol. The monoisotopic (exact) mass is 268 g/mol. The second kappa shape index (κ2) is 7.10. The number of urea groups is 1. The van der Waals surface area contributed by atoms with Gasteiger partial charge in [0.15, 0.2) is 0 Å². The molecule has 0 unspecified atom stereocenters. The summed E-state index contributed by atoms with van der Waals surface area (Å²) < 4.78 is 12.1. The Morgan fingerprint density at radius 1 is 1.58 bits per heavy atom. The Morgan fingerprint density at radius 2 is 2.37 bits per heavy atom. The summed E-state index contributed by atoms with van der Waals surface area (Å²) in [5.74, 6) is 0. The van der Waals surface area contributed by atoms with Crippen LogP contribution in [0.4, 0.5) is 10.5 Å². The first-order chi connectivity index (χ1) is 9.29. The van der Waals surface area contributed by atoms with Crippen molar-refractivity contribution in [1.29, 1.82) is 0 Å². The maximum Gasteiger partial charge on any atom is 0.319 e. The third-order valence-electron chi connectivity index (χ3n) is 3.02. The van der Waals surface area contributed by atoms with Crippen LogP contribution in [0, 0.1) is 0 Å². The van der Waals surface area contributed by atoms with Gasteiger partial charge in [-0.15, -0.1) is 0 Å². The molecule has 7 heteroatoms. The summed E-state index contributed by atoms with van der Waals surface area (Å²) in [7, 11) is 1.59. The molecule has 0 saturated carbocycles. The molecule has 0 atom stereocenters. The Labute approximate surface area is 112 Å². The van der Waals surface area contributed by atoms with E-state index in [2.05, 4.69) is 15.7 Å². The molecule has 1 aliphatic rings. The SMILES string of the molecule is COCCNC(=O)Nc1cnn(C2CCOCC2)c1. The molecule has 2 rings (SSSR count). The maximum absolute atomic E-state index is 11.5. The van der Waals surface area contributed by atoms with Gasteiger partial charge in [-0.3, -0.25) is 4.68 Å². The Hall–Kier alpha value is -1.60. The van der Waals surface area contributed by atoms with Crippen LogP contribution in [0.2, 0.25) is 0 Å². The minimum Gasteiger partial charge on any atom is -0.383 e. The van der Waals surface area contributed by atoms with Crippen LogP contribution >= 0.6 is 0 Å². The molecule has 106 valence electrons. The fraction of sp³-hybridized carbons (Fsp3) is 0.667. The lowest BCUT2D eigenvalue weighted by atomic mass is 10.1. The molecule has 1 aliphatic heterocycles. The average Bonchev–Trinajstić information content (AvgIpc) is 2.88. The van der Waals surface area contributed by atoms with E-state index in [9.17, 15) is 4.79 Å². The van der Waals surface area contributed by atoms with Crippen molar-refractivity contribution in [3.8, 4) is 0 Å². The molecule has 0 radical (unpaired) electrons. The van der Waals surface area contributed by atoms with Crippen molar-refractivity contribution in [3.63, 3.8) is 0 Å². The molecule has 0 bridgehead atoms. The Balaban J connectivity index is 1.81. The largest absolute Gasteiger partial charge is 0.383 e. The number of rotatable bonds is 5. The maximum atomic E-state index is 11.5. The van der Waals surface area contributed by atoms with Crippen molar-refractivity contribution >= 4 is 11.7 Å². The number of nitrogens with one attached hydrogen (secondary N) is 2. The van der Waals surface area contributed by atoms with Crippen LogP contribution in [0.25, 0.3) is 0 Å². The van der Waals surface area contributed by atoms with Gasteiger partial charge >= 0.3 is 6.03 Å². The lowest BCUT2D eigenvalue weighted by molar-refractivity contribution is 0.0662. The van der Waals surface area contributed by atoms with Crippen LogP contribution < -0.4 is 10.6 Å². The van der Waals surface area contributed by atoms with Gasteiger partial charge in [0, 0.05) is 33.1 Å². The van der Waals surface area contributed by atoms with E-state index >= 15 is 0 Å². The van der Waals surface area contributed by atoms with Crippen LogP contribution in [-0.2, 0) is 9.47 Å². The predicted octanol–water partition coefficient (Wildman–Crippen LogP) is 1.00. The molecule has 1 aromatic heterocycles. The smallest absolute Gasteiger partial charge is 0.319 e. The van der Waals surface area contributed by atoms with E-state index in [1.165, 1.54) is 0 Å².